The minimum Gasteiger partial charge on any atom is -0.315 e. The van der Waals surface area contributed by atoms with Gasteiger partial charge in [-0.3, -0.25) is 14.5 Å². The number of nitrogens with one attached hydrogen (secondary N) is 1. The van der Waals surface area contributed by atoms with Crippen LogP contribution in [0.2, 0.25) is 0 Å². The fraction of sp³-hybridized carbons (Fsp3) is 0.818. The number of piperidine rings is 1. The molecule has 2 aliphatic heterocycles. The van der Waals surface area contributed by atoms with E-state index < -0.39 is 0 Å². The van der Waals surface area contributed by atoms with E-state index in [1.807, 2.05) is 13.8 Å². The molecule has 2 rings (SSSR count). The molecule has 2 amide bonds. The van der Waals surface area contributed by atoms with Gasteiger partial charge >= 0.3 is 0 Å². The van der Waals surface area contributed by atoms with Crippen LogP contribution in [0.1, 0.15) is 26.7 Å². The first kappa shape index (κ1) is 10.6. The van der Waals surface area contributed by atoms with Crippen molar-refractivity contribution in [3.05, 3.63) is 0 Å². The minimum absolute atomic E-state index is 0.0150. The molecule has 4 nitrogen and oxygen atoms in total. The lowest BCUT2D eigenvalue weighted by Crippen LogP contribution is -2.48. The van der Waals surface area contributed by atoms with E-state index in [1.165, 1.54) is 4.90 Å². The Morgan fingerprint density at radius 1 is 1.20 bits per heavy atom. The second-order valence-electron chi connectivity index (χ2n) is 4.62. The zero-order valence-corrected chi connectivity index (χ0v) is 9.32. The average molecular weight is 210 g/mol. The van der Waals surface area contributed by atoms with Crippen LogP contribution >= 0.6 is 0 Å². The number of rotatable bonds is 1. The number of hydrogen-bond donors (Lipinski definition) is 1. The van der Waals surface area contributed by atoms with Gasteiger partial charge < -0.3 is 5.32 Å². The van der Waals surface area contributed by atoms with Crippen molar-refractivity contribution in [2.75, 3.05) is 13.1 Å². The number of nitrogens with zero attached hydrogens (tertiary/aromatic N) is 1. The van der Waals surface area contributed by atoms with Crippen LogP contribution in [0.4, 0.5) is 0 Å². The quantitative estimate of drug-likeness (QED) is 0.636. The van der Waals surface area contributed by atoms with E-state index in [4.69, 9.17) is 0 Å². The highest BCUT2D eigenvalue weighted by Crippen LogP contribution is 2.28. The molecule has 0 saturated carbocycles. The molecular weight excluding hydrogens is 192 g/mol. The first-order valence-corrected chi connectivity index (χ1v) is 5.70. The molecule has 2 aliphatic rings. The fourth-order valence-corrected chi connectivity index (χ4v) is 2.39. The van der Waals surface area contributed by atoms with E-state index in [0.29, 0.717) is 0 Å². The van der Waals surface area contributed by atoms with Crippen LogP contribution in [0, 0.1) is 11.8 Å². The third-order valence-corrected chi connectivity index (χ3v) is 3.64. The summed E-state index contributed by atoms with van der Waals surface area (Å²) in [4.78, 5) is 25.3. The largest absolute Gasteiger partial charge is 0.315 e. The molecule has 2 saturated heterocycles. The van der Waals surface area contributed by atoms with Crippen LogP contribution < -0.4 is 5.32 Å². The molecule has 1 unspecified atom stereocenters. The third-order valence-electron chi connectivity index (χ3n) is 3.64. The summed E-state index contributed by atoms with van der Waals surface area (Å²) in [5, 5.41) is 3.24. The summed E-state index contributed by atoms with van der Waals surface area (Å²) in [6, 6.07) is 0.0890. The summed E-state index contributed by atoms with van der Waals surface area (Å²) in [7, 11) is 0. The molecule has 0 aliphatic carbocycles. The van der Waals surface area contributed by atoms with Gasteiger partial charge in [0.1, 0.15) is 0 Å². The minimum atomic E-state index is -0.139. The molecule has 1 N–H and O–H groups in total. The average Bonchev–Trinajstić information content (AvgIpc) is 2.45. The number of likely N-dealkylation sites (tertiary alicyclic amines) is 1. The van der Waals surface area contributed by atoms with Crippen molar-refractivity contribution in [2.45, 2.75) is 32.7 Å². The number of carbonyl (C=O) groups is 2. The van der Waals surface area contributed by atoms with Crippen molar-refractivity contribution in [2.24, 2.45) is 11.8 Å². The zero-order chi connectivity index (χ0) is 11.0. The number of imide groups is 1. The number of carbonyl (C=O) groups excluding carboxylic acids is 2. The van der Waals surface area contributed by atoms with E-state index in [2.05, 4.69) is 5.32 Å². The molecule has 84 valence electrons. The highest BCUT2D eigenvalue weighted by atomic mass is 16.2. The Hall–Kier alpha value is -0.900. The smallest absolute Gasteiger partial charge is 0.233 e. The lowest BCUT2D eigenvalue weighted by Gasteiger charge is -2.30. The van der Waals surface area contributed by atoms with Crippen LogP contribution in [0.15, 0.2) is 0 Å². The Labute approximate surface area is 90.0 Å². The second kappa shape index (κ2) is 3.93. The number of hydrogen-bond acceptors (Lipinski definition) is 3. The Bertz CT molecular complexity index is 264. The summed E-state index contributed by atoms with van der Waals surface area (Å²) in [6.07, 6.45) is 1.99. The topological polar surface area (TPSA) is 49.4 Å². The maximum atomic E-state index is 11.9. The standard InChI is InChI=1S/C11H18N2O2/c1-7-8(2)11(15)13(10(7)14)9-4-3-5-12-6-9/h7-9,12H,3-6H2,1-2H3/t7-,8-,9?/m1/s1. The summed E-state index contributed by atoms with van der Waals surface area (Å²) < 4.78 is 0. The van der Waals surface area contributed by atoms with Gasteiger partial charge in [0.05, 0.1) is 6.04 Å². The van der Waals surface area contributed by atoms with Gasteiger partial charge in [-0.1, -0.05) is 13.8 Å². The van der Waals surface area contributed by atoms with Crippen molar-refractivity contribution in [1.29, 1.82) is 0 Å². The van der Waals surface area contributed by atoms with Gasteiger partial charge in [-0.15, -0.1) is 0 Å². The number of amides is 2. The first-order valence-electron chi connectivity index (χ1n) is 5.70. The van der Waals surface area contributed by atoms with Crippen molar-refractivity contribution in [3.8, 4) is 0 Å². The van der Waals surface area contributed by atoms with Gasteiger partial charge in [-0.25, -0.2) is 0 Å². The van der Waals surface area contributed by atoms with Crippen LogP contribution in [0.3, 0.4) is 0 Å². The van der Waals surface area contributed by atoms with Crippen LogP contribution in [0.5, 0.6) is 0 Å². The van der Waals surface area contributed by atoms with Gasteiger partial charge in [0.25, 0.3) is 0 Å². The summed E-state index contributed by atoms with van der Waals surface area (Å²) >= 11 is 0. The molecule has 0 aromatic carbocycles. The maximum absolute atomic E-state index is 11.9. The lowest BCUT2D eigenvalue weighted by molar-refractivity contribution is -0.142. The van der Waals surface area contributed by atoms with E-state index >= 15 is 0 Å². The molecule has 0 bridgehead atoms. The van der Waals surface area contributed by atoms with Crippen molar-refractivity contribution in [3.63, 3.8) is 0 Å². The molecule has 2 heterocycles. The summed E-state index contributed by atoms with van der Waals surface area (Å²) in [6.45, 7) is 5.46. The highest BCUT2D eigenvalue weighted by Gasteiger charge is 2.45. The van der Waals surface area contributed by atoms with Gasteiger partial charge in [0.2, 0.25) is 11.8 Å². The molecular formula is C11H18N2O2. The molecule has 4 heteroatoms. The van der Waals surface area contributed by atoms with Gasteiger partial charge in [-0.2, -0.15) is 0 Å². The second-order valence-corrected chi connectivity index (χ2v) is 4.62. The van der Waals surface area contributed by atoms with Gasteiger partial charge in [0, 0.05) is 18.4 Å². The Morgan fingerprint density at radius 2 is 1.80 bits per heavy atom. The third kappa shape index (κ3) is 1.67. The first-order chi connectivity index (χ1) is 7.13. The van der Waals surface area contributed by atoms with Crippen molar-refractivity contribution >= 4 is 11.8 Å². The van der Waals surface area contributed by atoms with Gasteiger partial charge in [-0.05, 0) is 19.4 Å². The van der Waals surface area contributed by atoms with Crippen LogP contribution in [0.25, 0.3) is 0 Å². The van der Waals surface area contributed by atoms with Crippen LogP contribution in [-0.2, 0) is 9.59 Å². The molecule has 3 atom stereocenters. The van der Waals surface area contributed by atoms with E-state index in [0.717, 1.165) is 25.9 Å². The van der Waals surface area contributed by atoms with Gasteiger partial charge in [0.15, 0.2) is 0 Å². The predicted molar refractivity (Wildman–Crippen MR) is 56.1 cm³/mol. The molecule has 0 spiro atoms. The Morgan fingerprint density at radius 3 is 2.27 bits per heavy atom. The lowest BCUT2D eigenvalue weighted by atomic mass is 10.00. The fourth-order valence-electron chi connectivity index (χ4n) is 2.39. The van der Waals surface area contributed by atoms with Crippen molar-refractivity contribution < 1.29 is 9.59 Å². The molecule has 15 heavy (non-hydrogen) atoms. The maximum Gasteiger partial charge on any atom is 0.233 e. The molecule has 0 radical (unpaired) electrons. The summed E-state index contributed by atoms with van der Waals surface area (Å²) in [5.74, 6) is -0.249. The Balaban J connectivity index is 2.14. The van der Waals surface area contributed by atoms with Crippen molar-refractivity contribution in [1.82, 2.24) is 10.2 Å². The highest BCUT2D eigenvalue weighted by molar-refractivity contribution is 6.05. The van der Waals surface area contributed by atoms with E-state index in [9.17, 15) is 9.59 Å². The SMILES string of the molecule is C[C@H]1C(=O)N(C2CCCNC2)C(=O)[C@@H]1C. The molecule has 0 aromatic rings. The zero-order valence-electron chi connectivity index (χ0n) is 9.32. The monoisotopic (exact) mass is 210 g/mol. The van der Waals surface area contributed by atoms with E-state index in [1.54, 1.807) is 0 Å². The normalized spacial score (nSPS) is 37.5. The molecule has 0 aromatic heterocycles. The molecule has 2 fully saturated rings. The van der Waals surface area contributed by atoms with Crippen LogP contribution in [-0.4, -0.2) is 35.8 Å². The van der Waals surface area contributed by atoms with E-state index in [-0.39, 0.29) is 29.7 Å². The predicted octanol–water partition coefficient (Wildman–Crippen LogP) is 0.379. The Kier molecular flexibility index (Phi) is 2.78. The summed E-state index contributed by atoms with van der Waals surface area (Å²) in [5.41, 5.74) is 0.